The summed E-state index contributed by atoms with van der Waals surface area (Å²) < 4.78 is 5.72. The monoisotopic (exact) mass is 379 g/mol. The molecule has 0 fully saturated rings. The minimum absolute atomic E-state index is 0.545. The molecular weight excluding hydrogens is 362 g/mol. The minimum atomic E-state index is 0.545. The second-order valence-corrected chi connectivity index (χ2v) is 7.51. The predicted molar refractivity (Wildman–Crippen MR) is 106 cm³/mol. The molecule has 6 heteroatoms. The third-order valence-corrected chi connectivity index (χ3v) is 5.72. The molecule has 2 aromatic heterocycles. The van der Waals surface area contributed by atoms with E-state index in [4.69, 9.17) is 9.40 Å². The Balaban J connectivity index is 1.41. The van der Waals surface area contributed by atoms with Gasteiger partial charge in [0, 0.05) is 22.3 Å². The van der Waals surface area contributed by atoms with Gasteiger partial charge in [-0.2, -0.15) is 0 Å². The standard InChI is InChI=1S/C20H17N3OS2/c1-2-14-8-10-16(11-9-14)19-21-17(12-25-19)13-26-20-23-22-18(24-20)15-6-4-3-5-7-15/h3-12H,2,13H2,1H3. The molecule has 0 spiro atoms. The van der Waals surface area contributed by atoms with Crippen LogP contribution in [0, 0.1) is 0 Å². The molecule has 4 rings (SSSR count). The zero-order valence-electron chi connectivity index (χ0n) is 14.3. The molecule has 0 unspecified atom stereocenters. The lowest BCUT2D eigenvalue weighted by Gasteiger charge is -1.99. The quantitative estimate of drug-likeness (QED) is 0.401. The van der Waals surface area contributed by atoms with Crippen molar-refractivity contribution in [2.45, 2.75) is 24.3 Å². The number of aryl methyl sites for hydroxylation is 1. The zero-order valence-corrected chi connectivity index (χ0v) is 15.9. The van der Waals surface area contributed by atoms with Crippen LogP contribution in [0.4, 0.5) is 0 Å². The van der Waals surface area contributed by atoms with Gasteiger partial charge >= 0.3 is 0 Å². The fourth-order valence-corrected chi connectivity index (χ4v) is 4.08. The van der Waals surface area contributed by atoms with E-state index in [1.54, 1.807) is 11.3 Å². The van der Waals surface area contributed by atoms with Gasteiger partial charge < -0.3 is 4.42 Å². The second-order valence-electron chi connectivity index (χ2n) is 5.72. The van der Waals surface area contributed by atoms with Crippen LogP contribution in [0.15, 0.2) is 69.6 Å². The normalized spacial score (nSPS) is 11.0. The van der Waals surface area contributed by atoms with Crippen molar-refractivity contribution >= 4 is 23.1 Å². The lowest BCUT2D eigenvalue weighted by Crippen LogP contribution is -1.83. The largest absolute Gasteiger partial charge is 0.411 e. The highest BCUT2D eigenvalue weighted by atomic mass is 32.2. The van der Waals surface area contributed by atoms with E-state index in [1.165, 1.54) is 17.3 Å². The molecule has 2 heterocycles. The van der Waals surface area contributed by atoms with E-state index in [1.807, 2.05) is 30.3 Å². The van der Waals surface area contributed by atoms with Crippen LogP contribution in [0.5, 0.6) is 0 Å². The van der Waals surface area contributed by atoms with Crippen LogP contribution < -0.4 is 0 Å². The molecule has 0 atom stereocenters. The van der Waals surface area contributed by atoms with Crippen molar-refractivity contribution < 1.29 is 4.42 Å². The first-order chi connectivity index (χ1) is 12.8. The maximum absolute atomic E-state index is 5.72. The molecule has 2 aromatic carbocycles. The summed E-state index contributed by atoms with van der Waals surface area (Å²) in [5, 5.41) is 11.9. The maximum atomic E-state index is 5.72. The van der Waals surface area contributed by atoms with E-state index in [0.29, 0.717) is 16.9 Å². The predicted octanol–water partition coefficient (Wildman–Crippen LogP) is 5.71. The number of hydrogen-bond acceptors (Lipinski definition) is 6. The van der Waals surface area contributed by atoms with Crippen molar-refractivity contribution in [1.82, 2.24) is 15.2 Å². The SMILES string of the molecule is CCc1ccc(-c2nc(CSc3nnc(-c4ccccc4)o3)cs2)cc1. The highest BCUT2D eigenvalue weighted by Crippen LogP contribution is 2.29. The first-order valence-corrected chi connectivity index (χ1v) is 10.2. The maximum Gasteiger partial charge on any atom is 0.277 e. The highest BCUT2D eigenvalue weighted by Gasteiger charge is 2.11. The summed E-state index contributed by atoms with van der Waals surface area (Å²) in [7, 11) is 0. The second kappa shape index (κ2) is 7.85. The molecule has 0 radical (unpaired) electrons. The number of thiazole rings is 1. The number of rotatable bonds is 6. The van der Waals surface area contributed by atoms with Gasteiger partial charge in [0.15, 0.2) is 0 Å². The van der Waals surface area contributed by atoms with E-state index >= 15 is 0 Å². The Kier molecular flexibility index (Phi) is 5.13. The Morgan fingerprint density at radius 1 is 0.962 bits per heavy atom. The van der Waals surface area contributed by atoms with Gasteiger partial charge in [-0.15, -0.1) is 21.5 Å². The average molecular weight is 380 g/mol. The van der Waals surface area contributed by atoms with Crippen molar-refractivity contribution in [2.75, 3.05) is 0 Å². The molecule has 0 aliphatic carbocycles. The topological polar surface area (TPSA) is 51.8 Å². The summed E-state index contributed by atoms with van der Waals surface area (Å²) in [5.74, 6) is 1.25. The van der Waals surface area contributed by atoms with Crippen molar-refractivity contribution in [3.05, 3.63) is 71.2 Å². The zero-order chi connectivity index (χ0) is 17.8. The molecule has 0 saturated carbocycles. The van der Waals surface area contributed by atoms with Gasteiger partial charge in [-0.3, -0.25) is 0 Å². The van der Waals surface area contributed by atoms with E-state index in [9.17, 15) is 0 Å². The molecule has 0 amide bonds. The molecule has 0 N–H and O–H groups in total. The molecule has 4 aromatic rings. The van der Waals surface area contributed by atoms with Gasteiger partial charge in [-0.25, -0.2) is 4.98 Å². The minimum Gasteiger partial charge on any atom is -0.411 e. The van der Waals surface area contributed by atoms with E-state index in [2.05, 4.69) is 46.8 Å². The van der Waals surface area contributed by atoms with Gasteiger partial charge in [0.25, 0.3) is 5.22 Å². The van der Waals surface area contributed by atoms with Crippen molar-refractivity contribution in [3.8, 4) is 22.0 Å². The third-order valence-electron chi connectivity index (χ3n) is 3.93. The Morgan fingerprint density at radius 2 is 1.77 bits per heavy atom. The van der Waals surface area contributed by atoms with Gasteiger partial charge in [-0.05, 0) is 24.1 Å². The lowest BCUT2D eigenvalue weighted by molar-refractivity contribution is 0.466. The van der Waals surface area contributed by atoms with Crippen LogP contribution in [0.25, 0.3) is 22.0 Å². The Bertz CT molecular complexity index is 978. The van der Waals surface area contributed by atoms with Gasteiger partial charge in [0.2, 0.25) is 5.89 Å². The lowest BCUT2D eigenvalue weighted by atomic mass is 10.1. The molecule has 0 aliphatic heterocycles. The first-order valence-electron chi connectivity index (χ1n) is 8.37. The molecular formula is C20H17N3OS2. The van der Waals surface area contributed by atoms with Crippen molar-refractivity contribution in [3.63, 3.8) is 0 Å². The van der Waals surface area contributed by atoms with Crippen molar-refractivity contribution in [1.29, 1.82) is 0 Å². The Morgan fingerprint density at radius 3 is 2.54 bits per heavy atom. The summed E-state index contributed by atoms with van der Waals surface area (Å²) in [4.78, 5) is 4.72. The summed E-state index contributed by atoms with van der Waals surface area (Å²) >= 11 is 3.17. The van der Waals surface area contributed by atoms with Gasteiger partial charge in [0.1, 0.15) is 5.01 Å². The smallest absolute Gasteiger partial charge is 0.277 e. The van der Waals surface area contributed by atoms with Crippen LogP contribution in [-0.4, -0.2) is 15.2 Å². The molecule has 0 saturated heterocycles. The van der Waals surface area contributed by atoms with E-state index < -0.39 is 0 Å². The van der Waals surface area contributed by atoms with Crippen LogP contribution in [0.1, 0.15) is 18.2 Å². The van der Waals surface area contributed by atoms with E-state index in [0.717, 1.165) is 28.2 Å². The highest BCUT2D eigenvalue weighted by molar-refractivity contribution is 7.98. The van der Waals surface area contributed by atoms with Crippen LogP contribution in [-0.2, 0) is 12.2 Å². The molecule has 0 aliphatic rings. The number of hydrogen-bond donors (Lipinski definition) is 0. The average Bonchev–Trinajstić information content (AvgIpc) is 3.37. The molecule has 4 nitrogen and oxygen atoms in total. The summed E-state index contributed by atoms with van der Waals surface area (Å²) in [6.07, 6.45) is 1.05. The summed E-state index contributed by atoms with van der Waals surface area (Å²) in [6, 6.07) is 18.4. The Labute approximate surface area is 160 Å². The molecule has 0 bridgehead atoms. The van der Waals surface area contributed by atoms with Gasteiger partial charge in [-0.1, -0.05) is 61.2 Å². The fourth-order valence-electron chi connectivity index (χ4n) is 2.49. The summed E-state index contributed by atoms with van der Waals surface area (Å²) in [5.41, 5.74) is 4.45. The number of benzene rings is 2. The van der Waals surface area contributed by atoms with Crippen LogP contribution in [0.3, 0.4) is 0 Å². The third kappa shape index (κ3) is 3.86. The molecule has 26 heavy (non-hydrogen) atoms. The molecule has 130 valence electrons. The number of nitrogens with zero attached hydrogens (tertiary/aromatic N) is 3. The van der Waals surface area contributed by atoms with E-state index in [-0.39, 0.29) is 0 Å². The fraction of sp³-hybridized carbons (Fsp3) is 0.150. The number of aromatic nitrogens is 3. The summed E-state index contributed by atoms with van der Waals surface area (Å²) in [6.45, 7) is 2.16. The number of thioether (sulfide) groups is 1. The first kappa shape index (κ1) is 17.0. The van der Waals surface area contributed by atoms with Crippen LogP contribution in [0.2, 0.25) is 0 Å². The van der Waals surface area contributed by atoms with Crippen LogP contribution >= 0.6 is 23.1 Å². The van der Waals surface area contributed by atoms with Gasteiger partial charge in [0.05, 0.1) is 5.69 Å². The van der Waals surface area contributed by atoms with Crippen molar-refractivity contribution in [2.24, 2.45) is 0 Å². The Hall–Kier alpha value is -2.44.